The van der Waals surface area contributed by atoms with Gasteiger partial charge in [-0.3, -0.25) is 0 Å². The topological polar surface area (TPSA) is 162 Å². The van der Waals surface area contributed by atoms with Gasteiger partial charge in [0, 0.05) is 32.7 Å². The van der Waals surface area contributed by atoms with E-state index < -0.39 is 46.0 Å². The maximum absolute atomic E-state index is 11.8. The quantitative estimate of drug-likeness (QED) is 0.0385. The fourth-order valence-electron chi connectivity index (χ4n) is 8.82. The first-order valence-corrected chi connectivity index (χ1v) is 18.1. The molecule has 0 aromatic heterocycles. The summed E-state index contributed by atoms with van der Waals surface area (Å²) in [5, 5.41) is 96.9. The second-order valence-corrected chi connectivity index (χ2v) is 14.3. The van der Waals surface area contributed by atoms with Gasteiger partial charge in [-0.15, -0.1) is 0 Å². The van der Waals surface area contributed by atoms with E-state index in [4.69, 9.17) is 0 Å². The molecule has 0 fully saturated rings. The van der Waals surface area contributed by atoms with E-state index in [1.54, 1.807) is 24.3 Å². The minimum atomic E-state index is -1.01. The summed E-state index contributed by atoms with van der Waals surface area (Å²) >= 11 is 0. The van der Waals surface area contributed by atoms with Crippen LogP contribution in [-0.2, 0) is 6.42 Å². The molecule has 0 amide bonds. The van der Waals surface area contributed by atoms with Crippen molar-refractivity contribution in [3.8, 4) is 79.4 Å². The Balaban J connectivity index is 1.37. The Kier molecular flexibility index (Phi) is 7.05. The second-order valence-electron chi connectivity index (χ2n) is 14.3. The lowest BCUT2D eigenvalue weighted by Crippen LogP contribution is -1.99. The van der Waals surface area contributed by atoms with Crippen molar-refractivity contribution in [1.29, 1.82) is 0 Å². The highest BCUT2D eigenvalue weighted by Gasteiger charge is 2.33. The first-order valence-electron chi connectivity index (χ1n) is 18.1. The molecule has 0 unspecified atom stereocenters. The summed E-state index contributed by atoms with van der Waals surface area (Å²) < 4.78 is 0. The molecule has 0 radical (unpaired) electrons. The summed E-state index contributed by atoms with van der Waals surface area (Å²) in [5.41, 5.74) is 4.09. The lowest BCUT2D eigenvalue weighted by Gasteiger charge is -2.24. The maximum Gasteiger partial charge on any atom is 0.204 e. The molecule has 9 aromatic carbocycles. The third-order valence-corrected chi connectivity index (χ3v) is 11.3. The summed E-state index contributed by atoms with van der Waals surface area (Å²) in [6, 6.07) is 35.2. The zero-order chi connectivity index (χ0) is 38.6. The Morgan fingerprint density at radius 1 is 0.375 bits per heavy atom. The Morgan fingerprint density at radius 3 is 1.61 bits per heavy atom. The lowest BCUT2D eigenvalue weighted by molar-refractivity contribution is 0.350. The third kappa shape index (κ3) is 4.47. The lowest BCUT2D eigenvalue weighted by atomic mass is 9.80. The Bertz CT molecular complexity index is 3150. The highest BCUT2D eigenvalue weighted by molar-refractivity contribution is 6.29. The normalized spacial score (nSPS) is 12.6. The standard InChI is InChI=1S/C48H32O8/c49-41-37-35(26-13-7-12-25(21-26)33-22-27-20-19-24-10-2-4-15-29(24)34(27)32-17-6-5-16-30(32)33)38-40(44(52)48(56)46(54)42(38)50)36(39(37)43(51)47(55)45(41)53)31-18-8-11-23-9-1-3-14-28(23)31/h2-8,10-22,49-56H,1,9H2. The van der Waals surface area contributed by atoms with E-state index in [1.807, 2.05) is 60.7 Å². The van der Waals surface area contributed by atoms with Gasteiger partial charge in [0.1, 0.15) is 0 Å². The summed E-state index contributed by atoms with van der Waals surface area (Å²) in [4.78, 5) is 0. The molecule has 9 aromatic rings. The van der Waals surface area contributed by atoms with Crippen LogP contribution in [0.1, 0.15) is 17.5 Å². The van der Waals surface area contributed by atoms with Gasteiger partial charge < -0.3 is 40.9 Å². The van der Waals surface area contributed by atoms with Crippen LogP contribution in [0.2, 0.25) is 0 Å². The van der Waals surface area contributed by atoms with E-state index in [1.165, 1.54) is 0 Å². The summed E-state index contributed by atoms with van der Waals surface area (Å²) in [6.45, 7) is 0. The molecule has 8 heteroatoms. The molecule has 0 bridgehead atoms. The number of hydrogen-bond donors (Lipinski definition) is 8. The minimum absolute atomic E-state index is 0.00299. The van der Waals surface area contributed by atoms with Gasteiger partial charge in [-0.05, 0) is 90.7 Å². The molecule has 0 saturated heterocycles. The van der Waals surface area contributed by atoms with Gasteiger partial charge in [0.2, 0.25) is 23.0 Å². The van der Waals surface area contributed by atoms with Crippen molar-refractivity contribution in [2.45, 2.75) is 12.8 Å². The number of phenols is 8. The molecule has 8 nitrogen and oxygen atoms in total. The molecule has 0 aliphatic heterocycles. The molecule has 0 atom stereocenters. The highest BCUT2D eigenvalue weighted by Crippen LogP contribution is 2.62. The smallest absolute Gasteiger partial charge is 0.204 e. The van der Waals surface area contributed by atoms with Crippen LogP contribution in [0.15, 0.2) is 115 Å². The van der Waals surface area contributed by atoms with E-state index >= 15 is 0 Å². The van der Waals surface area contributed by atoms with Crippen LogP contribution in [0.3, 0.4) is 0 Å². The monoisotopic (exact) mass is 736 g/mol. The molecule has 8 N–H and O–H groups in total. The SMILES string of the molecule is Oc1c(O)c(O)c2c(-c3cccc4c3C=CCC4)c3c(O)c(O)c(O)c(O)c3c(-c3cccc(-c4cc5ccc6ccccc6c5c5ccccc45)c3)c2c1O. The van der Waals surface area contributed by atoms with Gasteiger partial charge in [0.15, 0.2) is 23.0 Å². The fourth-order valence-corrected chi connectivity index (χ4v) is 8.82. The van der Waals surface area contributed by atoms with Gasteiger partial charge in [-0.25, -0.2) is 0 Å². The van der Waals surface area contributed by atoms with Crippen molar-refractivity contribution in [3.05, 3.63) is 126 Å². The number of aryl methyl sites for hydroxylation is 1. The minimum Gasteiger partial charge on any atom is -0.504 e. The van der Waals surface area contributed by atoms with E-state index in [0.717, 1.165) is 55.4 Å². The molecule has 1 aliphatic carbocycles. The average molecular weight is 737 g/mol. The maximum atomic E-state index is 11.8. The molecule has 10 rings (SSSR count). The van der Waals surface area contributed by atoms with Crippen LogP contribution in [0, 0.1) is 0 Å². The summed E-state index contributed by atoms with van der Waals surface area (Å²) in [7, 11) is 0. The number of benzene rings is 9. The predicted molar refractivity (Wildman–Crippen MR) is 221 cm³/mol. The van der Waals surface area contributed by atoms with Crippen LogP contribution in [0.25, 0.3) is 93.3 Å². The Morgan fingerprint density at radius 2 is 0.929 bits per heavy atom. The van der Waals surface area contributed by atoms with Gasteiger partial charge in [-0.2, -0.15) is 0 Å². The molecule has 272 valence electrons. The number of aromatic hydroxyl groups is 8. The molecular weight excluding hydrogens is 705 g/mol. The van der Waals surface area contributed by atoms with Crippen molar-refractivity contribution < 1.29 is 40.9 Å². The zero-order valence-electron chi connectivity index (χ0n) is 29.5. The summed E-state index contributed by atoms with van der Waals surface area (Å²) in [5.74, 6) is -7.25. The third-order valence-electron chi connectivity index (χ3n) is 11.3. The largest absolute Gasteiger partial charge is 0.504 e. The van der Waals surface area contributed by atoms with Gasteiger partial charge in [-0.1, -0.05) is 109 Å². The highest BCUT2D eigenvalue weighted by atomic mass is 16.4. The van der Waals surface area contributed by atoms with Crippen LogP contribution in [0.5, 0.6) is 46.0 Å². The van der Waals surface area contributed by atoms with E-state index in [9.17, 15) is 40.9 Å². The van der Waals surface area contributed by atoms with Crippen LogP contribution >= 0.6 is 0 Å². The first kappa shape index (κ1) is 33.0. The molecular formula is C48H32O8. The molecule has 0 spiro atoms. The fraction of sp³-hybridized carbons (Fsp3) is 0.0417. The van der Waals surface area contributed by atoms with Gasteiger partial charge in [0.05, 0.1) is 0 Å². The van der Waals surface area contributed by atoms with Crippen molar-refractivity contribution >= 4 is 59.9 Å². The van der Waals surface area contributed by atoms with Crippen molar-refractivity contribution in [3.63, 3.8) is 0 Å². The Labute approximate surface area is 318 Å². The van der Waals surface area contributed by atoms with Crippen molar-refractivity contribution in [1.82, 2.24) is 0 Å². The number of fused-ring (bicyclic) bond motifs is 8. The molecule has 0 saturated carbocycles. The number of hydrogen-bond acceptors (Lipinski definition) is 8. The van der Waals surface area contributed by atoms with Crippen molar-refractivity contribution in [2.75, 3.05) is 0 Å². The molecule has 56 heavy (non-hydrogen) atoms. The van der Waals surface area contributed by atoms with E-state index in [0.29, 0.717) is 23.1 Å². The average Bonchev–Trinajstić information content (AvgIpc) is 3.24. The molecule has 1 aliphatic rings. The first-order chi connectivity index (χ1) is 27.2. The van der Waals surface area contributed by atoms with Gasteiger partial charge >= 0.3 is 0 Å². The summed E-state index contributed by atoms with van der Waals surface area (Å²) in [6.07, 6.45) is 5.31. The zero-order valence-corrected chi connectivity index (χ0v) is 29.5. The van der Waals surface area contributed by atoms with E-state index in [2.05, 4.69) is 36.4 Å². The van der Waals surface area contributed by atoms with Crippen LogP contribution in [0.4, 0.5) is 0 Å². The molecule has 0 heterocycles. The van der Waals surface area contributed by atoms with Crippen LogP contribution in [-0.4, -0.2) is 40.9 Å². The Hall–Kier alpha value is -7.58. The van der Waals surface area contributed by atoms with E-state index in [-0.39, 0.29) is 32.7 Å². The second kappa shape index (κ2) is 12.0. The van der Waals surface area contributed by atoms with Gasteiger partial charge in [0.25, 0.3) is 0 Å². The number of rotatable bonds is 3. The van der Waals surface area contributed by atoms with Crippen LogP contribution < -0.4 is 0 Å². The number of allylic oxidation sites excluding steroid dienone is 1. The predicted octanol–water partition coefficient (Wildman–Crippen LogP) is 11.1. The number of phenolic OH excluding ortho intramolecular Hbond substituents is 8. The van der Waals surface area contributed by atoms with Crippen molar-refractivity contribution in [2.24, 2.45) is 0 Å².